The Morgan fingerprint density at radius 3 is 2.54 bits per heavy atom. The third-order valence-corrected chi connectivity index (χ3v) is 4.41. The van der Waals surface area contributed by atoms with E-state index < -0.39 is 35.6 Å². The maximum Gasteiger partial charge on any atom is 0.352 e. The lowest BCUT2D eigenvalue weighted by Crippen LogP contribution is -2.30. The van der Waals surface area contributed by atoms with Crippen LogP contribution in [0.1, 0.15) is 42.9 Å². The molecule has 0 saturated carbocycles. The third kappa shape index (κ3) is 4.18. The minimum absolute atomic E-state index is 0.0566. The normalized spacial score (nSPS) is 19.0. The molecule has 0 unspecified atom stereocenters. The second kappa shape index (κ2) is 7.65. The van der Waals surface area contributed by atoms with Crippen molar-refractivity contribution in [2.24, 2.45) is 0 Å². The van der Waals surface area contributed by atoms with Gasteiger partial charge in [0.1, 0.15) is 6.10 Å². The van der Waals surface area contributed by atoms with Crippen molar-refractivity contribution in [2.45, 2.75) is 38.5 Å². The van der Waals surface area contributed by atoms with Crippen LogP contribution < -0.4 is 11.0 Å². The second-order valence-corrected chi connectivity index (χ2v) is 7.54. The summed E-state index contributed by atoms with van der Waals surface area (Å²) in [7, 11) is 0. The van der Waals surface area contributed by atoms with Crippen molar-refractivity contribution in [3.05, 3.63) is 70.0 Å². The lowest BCUT2D eigenvalue weighted by molar-refractivity contribution is -0.0106. The quantitative estimate of drug-likeness (QED) is 0.786. The molecule has 0 bridgehead atoms. The first-order chi connectivity index (χ1) is 13.2. The number of aliphatic hydroxyl groups excluding tert-OH is 1. The van der Waals surface area contributed by atoms with Gasteiger partial charge in [-0.2, -0.15) is 4.98 Å². The van der Waals surface area contributed by atoms with Gasteiger partial charge < -0.3 is 15.2 Å². The summed E-state index contributed by atoms with van der Waals surface area (Å²) < 4.78 is 20.7. The first kappa shape index (κ1) is 19.9. The van der Waals surface area contributed by atoms with Crippen LogP contribution in [0.4, 0.5) is 10.2 Å². The number of hydrogen-bond donors (Lipinski definition) is 2. The zero-order valence-corrected chi connectivity index (χ0v) is 15.8. The summed E-state index contributed by atoms with van der Waals surface area (Å²) in [5.74, 6) is -1.89. The number of benzene rings is 1. The molecular weight excluding hydrogens is 365 g/mol. The van der Waals surface area contributed by atoms with Crippen molar-refractivity contribution in [3.63, 3.8) is 0 Å². The molecule has 2 heterocycles. The van der Waals surface area contributed by atoms with E-state index in [-0.39, 0.29) is 12.0 Å². The summed E-state index contributed by atoms with van der Waals surface area (Å²) in [6, 6.07) is 6.94. The lowest BCUT2D eigenvalue weighted by atomic mass is 9.87. The summed E-state index contributed by atoms with van der Waals surface area (Å²) in [4.78, 5) is 28.2. The summed E-state index contributed by atoms with van der Waals surface area (Å²) in [5, 5.41) is 11.4. The first-order valence-electron chi connectivity index (χ1n) is 8.84. The average molecular weight is 387 g/mol. The van der Waals surface area contributed by atoms with Crippen LogP contribution in [0.25, 0.3) is 0 Å². The van der Waals surface area contributed by atoms with Crippen LogP contribution in [0.3, 0.4) is 0 Å². The number of aromatic nitrogens is 2. The molecule has 148 valence electrons. The van der Waals surface area contributed by atoms with Gasteiger partial charge in [0.25, 0.3) is 5.91 Å². The maximum absolute atomic E-state index is 14.4. The fraction of sp³-hybridized carbons (Fsp3) is 0.350. The van der Waals surface area contributed by atoms with E-state index >= 15 is 0 Å². The Morgan fingerprint density at radius 1 is 1.29 bits per heavy atom. The van der Waals surface area contributed by atoms with Gasteiger partial charge in [-0.25, -0.2) is 9.18 Å². The molecule has 2 N–H and O–H groups in total. The van der Waals surface area contributed by atoms with Gasteiger partial charge in [0.05, 0.1) is 12.8 Å². The van der Waals surface area contributed by atoms with Crippen molar-refractivity contribution < 1.29 is 19.0 Å². The topological polar surface area (TPSA) is 93.5 Å². The molecule has 7 nitrogen and oxygen atoms in total. The molecule has 1 aromatic heterocycles. The van der Waals surface area contributed by atoms with E-state index in [1.807, 2.05) is 12.1 Å². The molecule has 1 aromatic carbocycles. The van der Waals surface area contributed by atoms with Crippen LogP contribution in [-0.2, 0) is 10.2 Å². The van der Waals surface area contributed by atoms with Gasteiger partial charge in [-0.1, -0.05) is 39.0 Å². The summed E-state index contributed by atoms with van der Waals surface area (Å²) in [6.45, 7) is 5.92. The van der Waals surface area contributed by atoms with Crippen molar-refractivity contribution in [1.29, 1.82) is 0 Å². The van der Waals surface area contributed by atoms with E-state index in [9.17, 15) is 14.0 Å². The Bertz CT molecular complexity index is 961. The van der Waals surface area contributed by atoms with E-state index in [1.54, 1.807) is 18.2 Å². The van der Waals surface area contributed by atoms with Gasteiger partial charge in [-0.3, -0.25) is 9.36 Å². The number of carbonyl (C=O) groups is 1. The molecule has 0 radical (unpaired) electrons. The average Bonchev–Trinajstić information content (AvgIpc) is 3.12. The third-order valence-electron chi connectivity index (χ3n) is 4.41. The Labute approximate surface area is 161 Å². The van der Waals surface area contributed by atoms with Crippen LogP contribution in [0.2, 0.25) is 0 Å². The second-order valence-electron chi connectivity index (χ2n) is 7.54. The molecular formula is C20H22FN3O4. The van der Waals surface area contributed by atoms with E-state index in [4.69, 9.17) is 9.84 Å². The number of ether oxygens (including phenoxy) is 1. The minimum atomic E-state index is -0.872. The number of carbonyl (C=O) groups excluding carboxylic acids is 1. The van der Waals surface area contributed by atoms with Crippen molar-refractivity contribution in [3.8, 4) is 0 Å². The molecule has 0 saturated heterocycles. The standard InChI is InChI=1S/C20H22FN3O4/c1-20(2,3)13-6-4-12(5-7-13)18(26)22-17-15(21)10-24(19(27)23-17)16-9-8-14(11-25)28-16/h4-10,14,16,25H,11H2,1-3H3,(H,22,23,26,27)/t14-,16+/m0/s1. The Hall–Kier alpha value is -2.84. The van der Waals surface area contributed by atoms with E-state index in [0.29, 0.717) is 5.56 Å². The number of rotatable bonds is 4. The predicted molar refractivity (Wildman–Crippen MR) is 102 cm³/mol. The molecule has 28 heavy (non-hydrogen) atoms. The summed E-state index contributed by atoms with van der Waals surface area (Å²) in [6.07, 6.45) is 2.60. The van der Waals surface area contributed by atoms with Gasteiger partial charge in [0.2, 0.25) is 0 Å². The highest BCUT2D eigenvalue weighted by Crippen LogP contribution is 2.23. The van der Waals surface area contributed by atoms with E-state index in [2.05, 4.69) is 31.1 Å². The first-order valence-corrected chi connectivity index (χ1v) is 8.84. The van der Waals surface area contributed by atoms with Crippen LogP contribution >= 0.6 is 0 Å². The van der Waals surface area contributed by atoms with Crippen LogP contribution in [-0.4, -0.2) is 33.3 Å². The summed E-state index contributed by atoms with van der Waals surface area (Å²) in [5.41, 5.74) is 0.542. The zero-order chi connectivity index (χ0) is 20.5. The molecule has 2 aromatic rings. The van der Waals surface area contributed by atoms with E-state index in [0.717, 1.165) is 16.3 Å². The van der Waals surface area contributed by atoms with Gasteiger partial charge in [-0.15, -0.1) is 0 Å². The van der Waals surface area contributed by atoms with Crippen LogP contribution in [0.15, 0.2) is 47.4 Å². The number of amides is 1. The molecule has 0 fully saturated rings. The van der Waals surface area contributed by atoms with Crippen molar-refractivity contribution in [2.75, 3.05) is 11.9 Å². The maximum atomic E-state index is 14.4. The Kier molecular flexibility index (Phi) is 5.44. The monoisotopic (exact) mass is 387 g/mol. The molecule has 1 amide bonds. The predicted octanol–water partition coefficient (Wildman–Crippen LogP) is 2.38. The fourth-order valence-corrected chi connectivity index (χ4v) is 2.77. The number of nitrogens with zero attached hydrogens (tertiary/aromatic N) is 2. The zero-order valence-electron chi connectivity index (χ0n) is 15.8. The van der Waals surface area contributed by atoms with Gasteiger partial charge in [0, 0.05) is 5.56 Å². The molecule has 3 rings (SSSR count). The van der Waals surface area contributed by atoms with Gasteiger partial charge in [-0.05, 0) is 29.2 Å². The SMILES string of the molecule is CC(C)(C)c1ccc(C(=O)Nc2nc(=O)n([C@H]3C=C[C@@H](CO)O3)cc2F)cc1. The summed E-state index contributed by atoms with van der Waals surface area (Å²) >= 11 is 0. The van der Waals surface area contributed by atoms with Crippen molar-refractivity contribution in [1.82, 2.24) is 9.55 Å². The lowest BCUT2D eigenvalue weighted by Gasteiger charge is -2.19. The van der Waals surface area contributed by atoms with Gasteiger partial charge >= 0.3 is 5.69 Å². The molecule has 8 heteroatoms. The Morgan fingerprint density at radius 2 is 1.96 bits per heavy atom. The van der Waals surface area contributed by atoms with Crippen molar-refractivity contribution >= 4 is 11.7 Å². The molecule has 2 atom stereocenters. The highest BCUT2D eigenvalue weighted by molar-refractivity contribution is 6.03. The van der Waals surface area contributed by atoms with E-state index in [1.165, 1.54) is 6.08 Å². The van der Waals surface area contributed by atoms with Gasteiger partial charge in [0.15, 0.2) is 17.9 Å². The van der Waals surface area contributed by atoms with Crippen LogP contribution in [0, 0.1) is 5.82 Å². The fourth-order valence-electron chi connectivity index (χ4n) is 2.77. The number of halogens is 1. The molecule has 1 aliphatic heterocycles. The molecule has 0 aliphatic carbocycles. The minimum Gasteiger partial charge on any atom is -0.393 e. The Balaban J connectivity index is 1.77. The molecule has 0 spiro atoms. The molecule has 1 aliphatic rings. The number of anilines is 1. The smallest absolute Gasteiger partial charge is 0.352 e. The highest BCUT2D eigenvalue weighted by Gasteiger charge is 2.23. The highest BCUT2D eigenvalue weighted by atomic mass is 19.1. The largest absolute Gasteiger partial charge is 0.393 e. The number of hydrogen-bond acceptors (Lipinski definition) is 5. The number of nitrogens with one attached hydrogen (secondary N) is 1. The van der Waals surface area contributed by atoms with Crippen LogP contribution in [0.5, 0.6) is 0 Å². The number of aliphatic hydroxyl groups is 1.